The van der Waals surface area contributed by atoms with Crippen LogP contribution in [0.1, 0.15) is 34.6 Å². The molecule has 18 heavy (non-hydrogen) atoms. The van der Waals surface area contributed by atoms with Gasteiger partial charge in [-0.1, -0.05) is 5.16 Å². The van der Waals surface area contributed by atoms with Gasteiger partial charge in [-0.3, -0.25) is 9.59 Å². The lowest BCUT2D eigenvalue weighted by Gasteiger charge is -2.24. The van der Waals surface area contributed by atoms with Crippen molar-refractivity contribution in [2.24, 2.45) is 16.3 Å². The average molecular weight is 258 g/mol. The highest BCUT2D eigenvalue weighted by molar-refractivity contribution is 6.06. The molecule has 1 atom stereocenters. The summed E-state index contributed by atoms with van der Waals surface area (Å²) in [5.74, 6) is -0.977. The number of amides is 2. The molecule has 2 amide bonds. The van der Waals surface area contributed by atoms with Gasteiger partial charge in [0.1, 0.15) is 11.5 Å². The van der Waals surface area contributed by atoms with Crippen molar-refractivity contribution in [1.29, 1.82) is 0 Å². The first kappa shape index (κ1) is 16.2. The van der Waals surface area contributed by atoms with Crippen molar-refractivity contribution in [3.8, 4) is 0 Å². The second kappa shape index (κ2) is 6.23. The molecule has 0 saturated heterocycles. The lowest BCUT2D eigenvalue weighted by Crippen LogP contribution is -2.53. The van der Waals surface area contributed by atoms with Crippen LogP contribution in [-0.4, -0.2) is 34.9 Å². The van der Waals surface area contributed by atoms with E-state index in [1.165, 1.54) is 13.8 Å². The van der Waals surface area contributed by atoms with Gasteiger partial charge in [-0.05, 0) is 34.6 Å². The summed E-state index contributed by atoms with van der Waals surface area (Å²) in [6, 6.07) is -0.695. The molecule has 1 unspecified atom stereocenters. The number of oxime groups is 1. The minimum Gasteiger partial charge on any atom is -0.409 e. The zero-order valence-electron chi connectivity index (χ0n) is 11.4. The van der Waals surface area contributed by atoms with Crippen LogP contribution in [0, 0.1) is 5.41 Å². The zero-order chi connectivity index (χ0) is 14.5. The molecule has 0 aliphatic heterocycles. The molecule has 0 rings (SSSR count). The van der Waals surface area contributed by atoms with E-state index in [1.807, 2.05) is 13.8 Å². The van der Waals surface area contributed by atoms with Crippen molar-refractivity contribution >= 4 is 17.6 Å². The van der Waals surface area contributed by atoms with Crippen LogP contribution >= 0.6 is 0 Å². The molecule has 0 radical (unpaired) electrons. The van der Waals surface area contributed by atoms with E-state index in [2.05, 4.69) is 15.8 Å². The fraction of sp³-hybridized carbons (Fsp3) is 0.727. The maximum Gasteiger partial charge on any atom is 0.242 e. The van der Waals surface area contributed by atoms with Crippen molar-refractivity contribution < 1.29 is 14.8 Å². The second-order valence-electron chi connectivity index (χ2n) is 4.97. The first-order chi connectivity index (χ1) is 8.12. The Labute approximate surface area is 107 Å². The van der Waals surface area contributed by atoms with Crippen molar-refractivity contribution in [1.82, 2.24) is 10.6 Å². The predicted octanol–water partition coefficient (Wildman–Crippen LogP) is -0.212. The van der Waals surface area contributed by atoms with E-state index in [4.69, 9.17) is 10.9 Å². The number of carbonyl (C=O) groups is 2. The Balaban J connectivity index is 4.62. The van der Waals surface area contributed by atoms with Crippen LogP contribution in [0.4, 0.5) is 0 Å². The second-order valence-corrected chi connectivity index (χ2v) is 4.97. The van der Waals surface area contributed by atoms with E-state index < -0.39 is 17.4 Å². The number of nitrogens with zero attached hydrogens (tertiary/aromatic N) is 1. The Morgan fingerprint density at radius 2 is 1.72 bits per heavy atom. The monoisotopic (exact) mass is 258 g/mol. The molecular formula is C11H22N4O3. The molecule has 7 nitrogen and oxygen atoms in total. The number of hydrogen-bond donors (Lipinski definition) is 4. The van der Waals surface area contributed by atoms with Gasteiger partial charge in [0.05, 0.1) is 0 Å². The lowest BCUT2D eigenvalue weighted by molar-refractivity contribution is -0.131. The largest absolute Gasteiger partial charge is 0.409 e. The molecule has 0 aromatic carbocycles. The molecule has 104 valence electrons. The molecule has 7 heteroatoms. The third-order valence-corrected chi connectivity index (χ3v) is 2.49. The molecule has 0 aliphatic carbocycles. The zero-order valence-corrected chi connectivity index (χ0v) is 11.4. The summed E-state index contributed by atoms with van der Waals surface area (Å²) in [5, 5.41) is 16.6. The van der Waals surface area contributed by atoms with Gasteiger partial charge in [0.2, 0.25) is 11.8 Å². The van der Waals surface area contributed by atoms with Gasteiger partial charge in [-0.25, -0.2) is 0 Å². The van der Waals surface area contributed by atoms with Gasteiger partial charge in [0.15, 0.2) is 5.84 Å². The van der Waals surface area contributed by atoms with Crippen LogP contribution in [0.25, 0.3) is 0 Å². The molecule has 0 bridgehead atoms. The number of nitrogens with two attached hydrogens (primary N) is 1. The van der Waals surface area contributed by atoms with Gasteiger partial charge in [0.25, 0.3) is 0 Å². The number of nitrogens with one attached hydrogen (secondary N) is 2. The molecule has 0 saturated carbocycles. The minimum atomic E-state index is -1.18. The standard InChI is InChI=1S/C11H22N4O3/c1-6(2)13-8(16)7(3)14-10(17)11(4,5)9(12)15-18/h6-7,18H,1-5H3,(H2,12,15)(H,13,16)(H,14,17). The highest BCUT2D eigenvalue weighted by Crippen LogP contribution is 2.15. The van der Waals surface area contributed by atoms with Crippen molar-refractivity contribution in [3.63, 3.8) is 0 Å². The predicted molar refractivity (Wildman–Crippen MR) is 68.1 cm³/mol. The summed E-state index contributed by atoms with van der Waals surface area (Å²) in [5.41, 5.74) is 4.24. The third-order valence-electron chi connectivity index (χ3n) is 2.49. The van der Waals surface area contributed by atoms with E-state index in [1.54, 1.807) is 6.92 Å². The van der Waals surface area contributed by atoms with Crippen molar-refractivity contribution in [2.75, 3.05) is 0 Å². The smallest absolute Gasteiger partial charge is 0.242 e. The van der Waals surface area contributed by atoms with Gasteiger partial charge >= 0.3 is 0 Å². The number of rotatable bonds is 5. The summed E-state index contributed by atoms with van der Waals surface area (Å²) in [6.45, 7) is 8.23. The molecule has 0 aromatic heterocycles. The van der Waals surface area contributed by atoms with E-state index in [9.17, 15) is 9.59 Å². The number of carbonyl (C=O) groups excluding carboxylic acids is 2. The summed E-state index contributed by atoms with van der Waals surface area (Å²) in [6.07, 6.45) is 0. The molecule has 0 aliphatic rings. The summed E-state index contributed by atoms with van der Waals surface area (Å²) >= 11 is 0. The Morgan fingerprint density at radius 1 is 1.22 bits per heavy atom. The number of hydrogen-bond acceptors (Lipinski definition) is 4. The molecule has 0 fully saturated rings. The van der Waals surface area contributed by atoms with Crippen LogP contribution in [0.5, 0.6) is 0 Å². The molecule has 0 heterocycles. The van der Waals surface area contributed by atoms with E-state index >= 15 is 0 Å². The Kier molecular flexibility index (Phi) is 5.61. The van der Waals surface area contributed by atoms with Crippen LogP contribution in [0.3, 0.4) is 0 Å². The summed E-state index contributed by atoms with van der Waals surface area (Å²) in [7, 11) is 0. The van der Waals surface area contributed by atoms with Gasteiger partial charge in [0, 0.05) is 6.04 Å². The fourth-order valence-corrected chi connectivity index (χ4v) is 1.09. The SMILES string of the molecule is CC(C)NC(=O)C(C)NC(=O)C(C)(C)C(N)=NO. The van der Waals surface area contributed by atoms with Crippen molar-refractivity contribution in [2.45, 2.75) is 46.7 Å². The maximum atomic E-state index is 11.9. The summed E-state index contributed by atoms with van der Waals surface area (Å²) < 4.78 is 0. The Bertz CT molecular complexity index is 350. The van der Waals surface area contributed by atoms with Gasteiger partial charge < -0.3 is 21.6 Å². The van der Waals surface area contributed by atoms with Crippen LogP contribution < -0.4 is 16.4 Å². The number of amidine groups is 1. The maximum absolute atomic E-state index is 11.9. The minimum absolute atomic E-state index is 0.00561. The van der Waals surface area contributed by atoms with E-state index in [-0.39, 0.29) is 17.8 Å². The lowest BCUT2D eigenvalue weighted by atomic mass is 9.90. The first-order valence-electron chi connectivity index (χ1n) is 5.72. The Morgan fingerprint density at radius 3 is 2.11 bits per heavy atom. The van der Waals surface area contributed by atoms with Crippen molar-refractivity contribution in [3.05, 3.63) is 0 Å². The Hall–Kier alpha value is -1.79. The highest BCUT2D eigenvalue weighted by Gasteiger charge is 2.34. The van der Waals surface area contributed by atoms with Crippen LogP contribution in [0.15, 0.2) is 5.16 Å². The third kappa shape index (κ3) is 4.23. The van der Waals surface area contributed by atoms with Crippen LogP contribution in [0.2, 0.25) is 0 Å². The highest BCUT2D eigenvalue weighted by atomic mass is 16.4. The normalized spacial score (nSPS) is 14.2. The first-order valence-corrected chi connectivity index (χ1v) is 5.72. The fourth-order valence-electron chi connectivity index (χ4n) is 1.09. The summed E-state index contributed by atoms with van der Waals surface area (Å²) in [4.78, 5) is 23.5. The van der Waals surface area contributed by atoms with Crippen LogP contribution in [-0.2, 0) is 9.59 Å². The van der Waals surface area contributed by atoms with Gasteiger partial charge in [-0.15, -0.1) is 0 Å². The van der Waals surface area contributed by atoms with E-state index in [0.717, 1.165) is 0 Å². The molecule has 0 spiro atoms. The molecule has 0 aromatic rings. The van der Waals surface area contributed by atoms with Gasteiger partial charge in [-0.2, -0.15) is 0 Å². The topological polar surface area (TPSA) is 117 Å². The average Bonchev–Trinajstić information content (AvgIpc) is 2.26. The van der Waals surface area contributed by atoms with E-state index in [0.29, 0.717) is 0 Å². The quantitative estimate of drug-likeness (QED) is 0.236. The molecular weight excluding hydrogens is 236 g/mol. The molecule has 5 N–H and O–H groups in total.